The SMILES string of the molecule is COC(CC(F)(F)C(F)F)c1cc(F)cc(Br)c1. The first kappa shape index (κ1) is 15.4. The topological polar surface area (TPSA) is 9.23 Å². The third kappa shape index (κ3) is 3.91. The molecular weight excluding hydrogens is 323 g/mol. The van der Waals surface area contributed by atoms with Crippen molar-refractivity contribution < 1.29 is 26.7 Å². The maximum atomic E-state index is 13.1. The molecule has 0 bridgehead atoms. The van der Waals surface area contributed by atoms with Crippen molar-refractivity contribution in [1.82, 2.24) is 0 Å². The van der Waals surface area contributed by atoms with E-state index in [1.54, 1.807) is 0 Å². The molecule has 0 amide bonds. The number of hydrogen-bond donors (Lipinski definition) is 0. The molecule has 1 rings (SSSR count). The summed E-state index contributed by atoms with van der Waals surface area (Å²) in [5.41, 5.74) is 0.0738. The fourth-order valence-electron chi connectivity index (χ4n) is 1.43. The molecule has 1 nitrogen and oxygen atoms in total. The van der Waals surface area contributed by atoms with Gasteiger partial charge in [0, 0.05) is 18.0 Å². The Morgan fingerprint density at radius 2 is 1.89 bits per heavy atom. The van der Waals surface area contributed by atoms with Gasteiger partial charge < -0.3 is 4.74 Å². The summed E-state index contributed by atoms with van der Waals surface area (Å²) in [4.78, 5) is 0. The van der Waals surface area contributed by atoms with Crippen LogP contribution in [0.3, 0.4) is 0 Å². The van der Waals surface area contributed by atoms with E-state index >= 15 is 0 Å². The Morgan fingerprint density at radius 3 is 2.33 bits per heavy atom. The van der Waals surface area contributed by atoms with Crippen LogP contribution in [-0.2, 0) is 4.74 Å². The summed E-state index contributed by atoms with van der Waals surface area (Å²) >= 11 is 2.99. The zero-order valence-electron chi connectivity index (χ0n) is 9.27. The third-order valence-corrected chi connectivity index (χ3v) is 2.78. The van der Waals surface area contributed by atoms with Gasteiger partial charge in [-0.15, -0.1) is 0 Å². The van der Waals surface area contributed by atoms with Crippen LogP contribution in [0.5, 0.6) is 0 Å². The Balaban J connectivity index is 2.96. The van der Waals surface area contributed by atoms with Gasteiger partial charge in [0.2, 0.25) is 0 Å². The van der Waals surface area contributed by atoms with Gasteiger partial charge in [0.05, 0.1) is 6.10 Å². The van der Waals surface area contributed by atoms with Crippen LogP contribution >= 0.6 is 15.9 Å². The van der Waals surface area contributed by atoms with E-state index in [0.29, 0.717) is 4.47 Å². The molecular formula is C11H10BrF5O. The van der Waals surface area contributed by atoms with Gasteiger partial charge >= 0.3 is 12.3 Å². The second kappa shape index (κ2) is 5.97. The maximum Gasteiger partial charge on any atom is 0.310 e. The minimum Gasteiger partial charge on any atom is -0.377 e. The molecule has 18 heavy (non-hydrogen) atoms. The van der Waals surface area contributed by atoms with Crippen LogP contribution in [-0.4, -0.2) is 19.5 Å². The van der Waals surface area contributed by atoms with Gasteiger partial charge in [-0.05, 0) is 23.8 Å². The number of ether oxygens (including phenoxy) is 1. The summed E-state index contributed by atoms with van der Waals surface area (Å²) in [6.45, 7) is 0. The minimum atomic E-state index is -4.18. The lowest BCUT2D eigenvalue weighted by Crippen LogP contribution is -2.29. The van der Waals surface area contributed by atoms with Gasteiger partial charge in [-0.2, -0.15) is 0 Å². The van der Waals surface area contributed by atoms with Crippen LogP contribution in [0, 0.1) is 5.82 Å². The van der Waals surface area contributed by atoms with Crippen LogP contribution in [0.15, 0.2) is 22.7 Å². The molecule has 0 heterocycles. The fourth-order valence-corrected chi connectivity index (χ4v) is 1.92. The molecule has 0 N–H and O–H groups in total. The third-order valence-electron chi connectivity index (χ3n) is 2.32. The van der Waals surface area contributed by atoms with Crippen molar-refractivity contribution in [2.24, 2.45) is 0 Å². The van der Waals surface area contributed by atoms with E-state index in [9.17, 15) is 22.0 Å². The smallest absolute Gasteiger partial charge is 0.310 e. The van der Waals surface area contributed by atoms with E-state index in [2.05, 4.69) is 15.9 Å². The Bertz CT molecular complexity index is 390. The fraction of sp³-hybridized carbons (Fsp3) is 0.455. The highest BCUT2D eigenvalue weighted by atomic mass is 79.9. The standard InChI is InChI=1S/C11H10BrF5O/c1-18-9(5-11(16,17)10(14)15)6-2-7(12)4-8(13)3-6/h2-4,9-10H,5H2,1H3. The Kier molecular flexibility index (Phi) is 5.10. The van der Waals surface area contributed by atoms with Crippen molar-refractivity contribution in [3.05, 3.63) is 34.1 Å². The first-order chi connectivity index (χ1) is 8.26. The summed E-state index contributed by atoms with van der Waals surface area (Å²) in [6, 6.07) is 3.45. The lowest BCUT2D eigenvalue weighted by atomic mass is 10.0. The van der Waals surface area contributed by atoms with Crippen molar-refractivity contribution >= 4 is 15.9 Å². The second-order valence-corrected chi connectivity index (χ2v) is 4.61. The Hall–Kier alpha value is -0.690. The Labute approximate surface area is 109 Å². The summed E-state index contributed by atoms with van der Waals surface area (Å²) in [7, 11) is 1.10. The van der Waals surface area contributed by atoms with Crippen molar-refractivity contribution in [2.45, 2.75) is 24.9 Å². The maximum absolute atomic E-state index is 13.1. The molecule has 1 aromatic carbocycles. The van der Waals surface area contributed by atoms with Crippen molar-refractivity contribution in [3.63, 3.8) is 0 Å². The molecule has 102 valence electrons. The highest BCUT2D eigenvalue weighted by Crippen LogP contribution is 2.35. The van der Waals surface area contributed by atoms with E-state index in [0.717, 1.165) is 19.2 Å². The first-order valence-corrected chi connectivity index (χ1v) is 5.70. The number of rotatable bonds is 5. The molecule has 1 unspecified atom stereocenters. The average molecular weight is 333 g/mol. The van der Waals surface area contributed by atoms with Crippen LogP contribution < -0.4 is 0 Å². The molecule has 0 aliphatic carbocycles. The molecule has 0 radical (unpaired) electrons. The van der Waals surface area contributed by atoms with Crippen molar-refractivity contribution in [1.29, 1.82) is 0 Å². The predicted molar refractivity (Wildman–Crippen MR) is 59.4 cm³/mol. The van der Waals surface area contributed by atoms with Gasteiger partial charge in [-0.25, -0.2) is 22.0 Å². The molecule has 0 saturated carbocycles. The Morgan fingerprint density at radius 1 is 1.28 bits per heavy atom. The largest absolute Gasteiger partial charge is 0.377 e. The summed E-state index contributed by atoms with van der Waals surface area (Å²) in [5, 5.41) is 0. The monoisotopic (exact) mass is 332 g/mol. The molecule has 1 aromatic rings. The number of methoxy groups -OCH3 is 1. The average Bonchev–Trinajstić information content (AvgIpc) is 2.24. The minimum absolute atomic E-state index is 0.0738. The molecule has 0 saturated heterocycles. The van der Waals surface area contributed by atoms with E-state index < -0.39 is 30.7 Å². The molecule has 0 aliphatic rings. The van der Waals surface area contributed by atoms with Gasteiger partial charge in [0.25, 0.3) is 0 Å². The van der Waals surface area contributed by atoms with Crippen LogP contribution in [0.25, 0.3) is 0 Å². The summed E-state index contributed by atoms with van der Waals surface area (Å²) in [6.07, 6.45) is -6.30. The van der Waals surface area contributed by atoms with Crippen LogP contribution in [0.2, 0.25) is 0 Å². The van der Waals surface area contributed by atoms with Crippen molar-refractivity contribution in [3.8, 4) is 0 Å². The van der Waals surface area contributed by atoms with E-state index in [-0.39, 0.29) is 5.56 Å². The second-order valence-electron chi connectivity index (χ2n) is 3.69. The van der Waals surface area contributed by atoms with Crippen LogP contribution in [0.4, 0.5) is 22.0 Å². The molecule has 0 aromatic heterocycles. The number of hydrogen-bond acceptors (Lipinski definition) is 1. The van der Waals surface area contributed by atoms with Gasteiger partial charge in [-0.1, -0.05) is 15.9 Å². The quantitative estimate of drug-likeness (QED) is 0.718. The highest BCUT2D eigenvalue weighted by molar-refractivity contribution is 9.10. The van der Waals surface area contributed by atoms with Gasteiger partial charge in [0.1, 0.15) is 5.82 Å². The number of halogens is 6. The van der Waals surface area contributed by atoms with Gasteiger partial charge in [-0.3, -0.25) is 0 Å². The van der Waals surface area contributed by atoms with E-state index in [1.807, 2.05) is 0 Å². The molecule has 0 fully saturated rings. The summed E-state index contributed by atoms with van der Waals surface area (Å²) < 4.78 is 68.2. The molecule has 0 spiro atoms. The highest BCUT2D eigenvalue weighted by Gasteiger charge is 2.43. The van der Waals surface area contributed by atoms with Crippen LogP contribution in [0.1, 0.15) is 18.1 Å². The van der Waals surface area contributed by atoms with Crippen molar-refractivity contribution in [2.75, 3.05) is 7.11 Å². The zero-order chi connectivity index (χ0) is 13.9. The lowest BCUT2D eigenvalue weighted by Gasteiger charge is -2.22. The molecule has 0 aliphatic heterocycles. The zero-order valence-corrected chi connectivity index (χ0v) is 10.9. The number of alkyl halides is 4. The van der Waals surface area contributed by atoms with Gasteiger partial charge in [0.15, 0.2) is 0 Å². The summed E-state index contributed by atoms with van der Waals surface area (Å²) in [5.74, 6) is -4.85. The lowest BCUT2D eigenvalue weighted by molar-refractivity contribution is -0.152. The molecule has 1 atom stereocenters. The molecule has 7 heteroatoms. The predicted octanol–water partition coefficient (Wildman–Crippen LogP) is 4.57. The number of benzene rings is 1. The normalized spacial score (nSPS) is 14.0. The van der Waals surface area contributed by atoms with E-state index in [4.69, 9.17) is 4.74 Å². The first-order valence-electron chi connectivity index (χ1n) is 4.91. The van der Waals surface area contributed by atoms with E-state index in [1.165, 1.54) is 6.07 Å².